The fourth-order valence-electron chi connectivity index (χ4n) is 2.59. The molecule has 0 saturated carbocycles. The average Bonchev–Trinajstić information content (AvgIpc) is 2.49. The monoisotopic (exact) mass is 372 g/mol. The van der Waals surface area contributed by atoms with Crippen LogP contribution < -0.4 is 5.32 Å². The molecule has 2 unspecified atom stereocenters. The number of halogens is 1. The lowest BCUT2D eigenvalue weighted by atomic mass is 10.0. The summed E-state index contributed by atoms with van der Waals surface area (Å²) in [6, 6.07) is 9.83. The van der Waals surface area contributed by atoms with Gasteiger partial charge in [-0.1, -0.05) is 41.9 Å². The quantitative estimate of drug-likeness (QED) is 0.647. The molecule has 0 bridgehead atoms. The second-order valence-corrected chi connectivity index (χ2v) is 7.27. The van der Waals surface area contributed by atoms with Crippen LogP contribution in [-0.2, 0) is 0 Å². The first-order chi connectivity index (χ1) is 10.1. The molecule has 0 heterocycles. The lowest BCUT2D eigenvalue weighted by molar-refractivity contribution is 0.241. The molecule has 1 N–H and O–H groups in total. The summed E-state index contributed by atoms with van der Waals surface area (Å²) in [5, 5.41) is 3.62. The zero-order valence-corrected chi connectivity index (χ0v) is 16.1. The number of hydrogen-bond acceptors (Lipinski definition) is 3. The van der Waals surface area contributed by atoms with E-state index in [1.165, 1.54) is 17.7 Å². The summed E-state index contributed by atoms with van der Waals surface area (Å²) in [6.45, 7) is 6.60. The standard InChI is InChI=1S/C17H29BrN2S/c1-5-16(13-21-4)20(3)12-11-17(19-6-2)14-7-9-15(18)10-8-14/h7-10,16-17,19H,5-6,11-13H2,1-4H3. The Kier molecular flexibility index (Phi) is 9.65. The van der Waals surface area contributed by atoms with Gasteiger partial charge in [-0.25, -0.2) is 0 Å². The van der Waals surface area contributed by atoms with Crippen LogP contribution in [0.15, 0.2) is 28.7 Å². The van der Waals surface area contributed by atoms with E-state index in [2.05, 4.69) is 77.6 Å². The first kappa shape index (κ1) is 19.0. The highest BCUT2D eigenvalue weighted by Crippen LogP contribution is 2.20. The normalized spacial score (nSPS) is 14.4. The fourth-order valence-corrected chi connectivity index (χ4v) is 3.73. The molecule has 21 heavy (non-hydrogen) atoms. The van der Waals surface area contributed by atoms with Crippen LogP contribution in [0.5, 0.6) is 0 Å². The molecule has 1 aromatic carbocycles. The van der Waals surface area contributed by atoms with Gasteiger partial charge >= 0.3 is 0 Å². The Morgan fingerprint density at radius 2 is 1.90 bits per heavy atom. The van der Waals surface area contributed by atoms with E-state index < -0.39 is 0 Å². The summed E-state index contributed by atoms with van der Waals surface area (Å²) in [4.78, 5) is 2.51. The predicted octanol–water partition coefficient (Wildman–Crippen LogP) is 4.56. The van der Waals surface area contributed by atoms with Crippen molar-refractivity contribution >= 4 is 27.7 Å². The molecule has 2 nitrogen and oxygen atoms in total. The molecule has 0 spiro atoms. The maximum Gasteiger partial charge on any atom is 0.0332 e. The van der Waals surface area contributed by atoms with Crippen molar-refractivity contribution in [3.63, 3.8) is 0 Å². The highest BCUT2D eigenvalue weighted by Gasteiger charge is 2.15. The minimum Gasteiger partial charge on any atom is -0.310 e. The van der Waals surface area contributed by atoms with E-state index in [-0.39, 0.29) is 0 Å². The van der Waals surface area contributed by atoms with E-state index in [1.54, 1.807) is 0 Å². The maximum absolute atomic E-state index is 3.62. The van der Waals surface area contributed by atoms with Crippen molar-refractivity contribution in [2.45, 2.75) is 38.8 Å². The van der Waals surface area contributed by atoms with Crippen LogP contribution in [0.2, 0.25) is 0 Å². The third kappa shape index (κ3) is 6.72. The van der Waals surface area contributed by atoms with Crippen molar-refractivity contribution in [3.05, 3.63) is 34.3 Å². The van der Waals surface area contributed by atoms with Crippen molar-refractivity contribution in [3.8, 4) is 0 Å². The molecule has 0 amide bonds. The van der Waals surface area contributed by atoms with Gasteiger partial charge in [0.05, 0.1) is 0 Å². The molecule has 4 heteroatoms. The van der Waals surface area contributed by atoms with Gasteiger partial charge in [-0.15, -0.1) is 0 Å². The summed E-state index contributed by atoms with van der Waals surface area (Å²) >= 11 is 5.45. The molecule has 120 valence electrons. The lowest BCUT2D eigenvalue weighted by Gasteiger charge is -2.29. The molecule has 0 radical (unpaired) electrons. The zero-order chi connectivity index (χ0) is 15.7. The van der Waals surface area contributed by atoms with E-state index in [0.717, 1.165) is 24.0 Å². The molecule has 1 rings (SSSR count). The van der Waals surface area contributed by atoms with E-state index in [1.807, 2.05) is 11.8 Å². The molecule has 2 atom stereocenters. The van der Waals surface area contributed by atoms with Crippen LogP contribution >= 0.6 is 27.7 Å². The number of thioether (sulfide) groups is 1. The number of nitrogens with zero attached hydrogens (tertiary/aromatic N) is 1. The van der Waals surface area contributed by atoms with Crippen LogP contribution in [0.1, 0.15) is 38.3 Å². The minimum atomic E-state index is 0.442. The number of nitrogens with one attached hydrogen (secondary N) is 1. The zero-order valence-electron chi connectivity index (χ0n) is 13.7. The van der Waals surface area contributed by atoms with Gasteiger partial charge in [0.25, 0.3) is 0 Å². The summed E-state index contributed by atoms with van der Waals surface area (Å²) in [5.74, 6) is 1.22. The van der Waals surface area contributed by atoms with Gasteiger partial charge in [0.2, 0.25) is 0 Å². The predicted molar refractivity (Wildman–Crippen MR) is 100 cm³/mol. The maximum atomic E-state index is 3.62. The smallest absolute Gasteiger partial charge is 0.0332 e. The Morgan fingerprint density at radius 3 is 2.43 bits per heavy atom. The van der Waals surface area contributed by atoms with Crippen LogP contribution in [0.3, 0.4) is 0 Å². The van der Waals surface area contributed by atoms with Gasteiger partial charge < -0.3 is 10.2 Å². The van der Waals surface area contributed by atoms with Crippen LogP contribution in [0.25, 0.3) is 0 Å². The van der Waals surface area contributed by atoms with Crippen molar-refractivity contribution in [1.82, 2.24) is 10.2 Å². The molecule has 0 fully saturated rings. The van der Waals surface area contributed by atoms with Gasteiger partial charge in [0.1, 0.15) is 0 Å². The van der Waals surface area contributed by atoms with Crippen LogP contribution in [0.4, 0.5) is 0 Å². The third-order valence-corrected chi connectivity index (χ3v) is 5.19. The fraction of sp³-hybridized carbons (Fsp3) is 0.647. The molecule has 0 aliphatic heterocycles. The van der Waals surface area contributed by atoms with Gasteiger partial charge in [0, 0.05) is 22.3 Å². The van der Waals surface area contributed by atoms with Gasteiger partial charge in [-0.05, 0) is 56.9 Å². The SMILES string of the molecule is CCNC(CCN(C)C(CC)CSC)c1ccc(Br)cc1. The first-order valence-electron chi connectivity index (χ1n) is 7.80. The Hall–Kier alpha value is -0.0300. The summed E-state index contributed by atoms with van der Waals surface area (Å²) in [5.41, 5.74) is 1.38. The highest BCUT2D eigenvalue weighted by atomic mass is 79.9. The van der Waals surface area contributed by atoms with Gasteiger partial charge in [-0.3, -0.25) is 0 Å². The number of benzene rings is 1. The molecule has 1 aromatic rings. The summed E-state index contributed by atoms with van der Waals surface area (Å²) in [6.07, 6.45) is 4.57. The van der Waals surface area contributed by atoms with E-state index in [4.69, 9.17) is 0 Å². The lowest BCUT2D eigenvalue weighted by Crippen LogP contribution is -2.36. The average molecular weight is 373 g/mol. The van der Waals surface area contributed by atoms with Gasteiger partial charge in [0.15, 0.2) is 0 Å². The molecule has 0 saturated heterocycles. The van der Waals surface area contributed by atoms with Crippen molar-refractivity contribution in [2.24, 2.45) is 0 Å². The topological polar surface area (TPSA) is 15.3 Å². The van der Waals surface area contributed by atoms with E-state index in [9.17, 15) is 0 Å². The number of rotatable bonds is 10. The molecule has 0 aliphatic carbocycles. The Morgan fingerprint density at radius 1 is 1.24 bits per heavy atom. The second kappa shape index (κ2) is 10.7. The Bertz CT molecular complexity index is 383. The minimum absolute atomic E-state index is 0.442. The summed E-state index contributed by atoms with van der Waals surface area (Å²) in [7, 11) is 2.26. The van der Waals surface area contributed by atoms with Gasteiger partial charge in [-0.2, -0.15) is 11.8 Å². The Balaban J connectivity index is 2.60. The summed E-state index contributed by atoms with van der Waals surface area (Å²) < 4.78 is 1.14. The van der Waals surface area contributed by atoms with E-state index in [0.29, 0.717) is 12.1 Å². The van der Waals surface area contributed by atoms with E-state index >= 15 is 0 Å². The Labute approximate surface area is 143 Å². The van der Waals surface area contributed by atoms with Crippen LogP contribution in [0, 0.1) is 0 Å². The molecule has 0 aromatic heterocycles. The molecular formula is C17H29BrN2S. The largest absolute Gasteiger partial charge is 0.310 e. The highest BCUT2D eigenvalue weighted by molar-refractivity contribution is 9.10. The van der Waals surface area contributed by atoms with Crippen molar-refractivity contribution in [1.29, 1.82) is 0 Å². The van der Waals surface area contributed by atoms with Crippen molar-refractivity contribution < 1.29 is 0 Å². The number of hydrogen-bond donors (Lipinski definition) is 1. The first-order valence-corrected chi connectivity index (χ1v) is 9.99. The molecule has 0 aliphatic rings. The second-order valence-electron chi connectivity index (χ2n) is 5.45. The van der Waals surface area contributed by atoms with Crippen molar-refractivity contribution in [2.75, 3.05) is 32.1 Å². The molecular weight excluding hydrogens is 344 g/mol. The van der Waals surface area contributed by atoms with Crippen LogP contribution in [-0.4, -0.2) is 43.1 Å². The third-order valence-electron chi connectivity index (χ3n) is 3.95.